The molecular formula is C32H28ClN3O7. The van der Waals surface area contributed by atoms with Crippen molar-refractivity contribution in [2.45, 2.75) is 27.1 Å². The van der Waals surface area contributed by atoms with Crippen LogP contribution >= 0.6 is 11.6 Å². The van der Waals surface area contributed by atoms with Gasteiger partial charge in [0.1, 0.15) is 30.3 Å². The normalized spacial score (nSPS) is 10.8. The highest BCUT2D eigenvalue weighted by molar-refractivity contribution is 6.32. The molecule has 2 heterocycles. The maximum Gasteiger partial charge on any atom is 0.360 e. The molecule has 0 atom stereocenters. The molecule has 0 saturated carbocycles. The standard InChI is InChI=1S/C32H28ClN3O7/c1-3-34-31(37)29-28(27-16-24(35-42-27)32(38)39-4-2)30(43-36-29)22-15-23(33)26(41-19-21-13-9-6-10-14-21)17-25(22)40-18-20-11-7-5-8-12-20/h5-17H,3-4,18-19H2,1-2H3,(H,34,37). The highest BCUT2D eigenvalue weighted by Crippen LogP contribution is 2.44. The molecule has 0 fully saturated rings. The van der Waals surface area contributed by atoms with Crippen LogP contribution in [0.4, 0.5) is 0 Å². The Kier molecular flexibility index (Phi) is 9.38. The zero-order valence-electron chi connectivity index (χ0n) is 23.5. The van der Waals surface area contributed by atoms with E-state index in [-0.39, 0.29) is 53.3 Å². The van der Waals surface area contributed by atoms with Crippen molar-refractivity contribution in [3.63, 3.8) is 0 Å². The fraction of sp³-hybridized carbons (Fsp3) is 0.188. The fourth-order valence-corrected chi connectivity index (χ4v) is 4.43. The molecule has 0 aliphatic heterocycles. The second-order valence-electron chi connectivity index (χ2n) is 9.22. The van der Waals surface area contributed by atoms with Gasteiger partial charge >= 0.3 is 5.97 Å². The van der Waals surface area contributed by atoms with E-state index in [2.05, 4.69) is 15.6 Å². The smallest absolute Gasteiger partial charge is 0.360 e. The van der Waals surface area contributed by atoms with E-state index in [1.807, 2.05) is 60.7 Å². The molecule has 43 heavy (non-hydrogen) atoms. The Balaban J connectivity index is 1.60. The number of halogens is 1. The number of nitrogens with zero attached hydrogens (tertiary/aromatic N) is 2. The van der Waals surface area contributed by atoms with E-state index in [4.69, 9.17) is 34.9 Å². The molecule has 0 unspecified atom stereocenters. The lowest BCUT2D eigenvalue weighted by Crippen LogP contribution is -2.23. The molecule has 0 radical (unpaired) electrons. The van der Waals surface area contributed by atoms with Crippen molar-refractivity contribution in [2.75, 3.05) is 13.2 Å². The molecule has 5 rings (SSSR count). The molecule has 2 aromatic heterocycles. The number of nitrogens with one attached hydrogen (secondary N) is 1. The molecule has 0 aliphatic carbocycles. The number of hydrogen-bond acceptors (Lipinski definition) is 9. The molecule has 5 aromatic rings. The molecule has 0 saturated heterocycles. The SMILES string of the molecule is CCNC(=O)c1noc(-c2cc(Cl)c(OCc3ccccc3)cc2OCc2ccccc2)c1-c1cc(C(=O)OCC)no1. The maximum atomic E-state index is 13.0. The third-order valence-corrected chi connectivity index (χ3v) is 6.53. The molecule has 1 N–H and O–H groups in total. The largest absolute Gasteiger partial charge is 0.488 e. The van der Waals surface area contributed by atoms with Gasteiger partial charge in [-0.1, -0.05) is 82.6 Å². The first-order chi connectivity index (χ1) is 21.0. The minimum atomic E-state index is -0.676. The molecule has 0 aliphatic rings. The van der Waals surface area contributed by atoms with Gasteiger partial charge in [0.05, 0.1) is 17.2 Å². The lowest BCUT2D eigenvalue weighted by atomic mass is 10.0. The second kappa shape index (κ2) is 13.7. The first-order valence-corrected chi connectivity index (χ1v) is 14.0. The van der Waals surface area contributed by atoms with Gasteiger partial charge in [0, 0.05) is 18.7 Å². The highest BCUT2D eigenvalue weighted by atomic mass is 35.5. The van der Waals surface area contributed by atoms with Crippen molar-refractivity contribution in [2.24, 2.45) is 0 Å². The lowest BCUT2D eigenvalue weighted by molar-refractivity contribution is 0.0514. The van der Waals surface area contributed by atoms with Gasteiger partial charge in [-0.25, -0.2) is 4.79 Å². The van der Waals surface area contributed by atoms with E-state index < -0.39 is 11.9 Å². The number of ether oxygens (including phenoxy) is 3. The Labute approximate surface area is 252 Å². The topological polar surface area (TPSA) is 126 Å². The summed E-state index contributed by atoms with van der Waals surface area (Å²) in [6.45, 7) is 4.45. The van der Waals surface area contributed by atoms with E-state index in [9.17, 15) is 9.59 Å². The van der Waals surface area contributed by atoms with Gasteiger partial charge in [-0.3, -0.25) is 4.79 Å². The van der Waals surface area contributed by atoms with Crippen molar-refractivity contribution in [3.05, 3.63) is 106 Å². The maximum absolute atomic E-state index is 13.0. The van der Waals surface area contributed by atoms with Gasteiger partial charge in [-0.05, 0) is 31.0 Å². The summed E-state index contributed by atoms with van der Waals surface area (Å²) in [5, 5.41) is 10.8. The number of amides is 1. The lowest BCUT2D eigenvalue weighted by Gasteiger charge is -2.15. The predicted molar refractivity (Wildman–Crippen MR) is 158 cm³/mol. The molecule has 0 spiro atoms. The van der Waals surface area contributed by atoms with Crippen molar-refractivity contribution in [1.82, 2.24) is 15.6 Å². The van der Waals surface area contributed by atoms with E-state index in [0.29, 0.717) is 23.6 Å². The molecule has 0 bridgehead atoms. The summed E-state index contributed by atoms with van der Waals surface area (Å²) < 4.78 is 28.6. The zero-order valence-corrected chi connectivity index (χ0v) is 24.2. The van der Waals surface area contributed by atoms with Gasteiger partial charge in [-0.2, -0.15) is 0 Å². The van der Waals surface area contributed by atoms with Gasteiger partial charge < -0.3 is 28.6 Å². The minimum absolute atomic E-state index is 0.0649. The van der Waals surface area contributed by atoms with Gasteiger partial charge in [0.2, 0.25) is 0 Å². The van der Waals surface area contributed by atoms with Gasteiger partial charge in [0.25, 0.3) is 5.91 Å². The van der Waals surface area contributed by atoms with Crippen LogP contribution in [0.2, 0.25) is 5.02 Å². The monoisotopic (exact) mass is 601 g/mol. The van der Waals surface area contributed by atoms with E-state index in [1.165, 1.54) is 6.07 Å². The Morgan fingerprint density at radius 1 is 0.837 bits per heavy atom. The number of hydrogen-bond donors (Lipinski definition) is 1. The Bertz CT molecular complexity index is 1700. The fourth-order valence-electron chi connectivity index (χ4n) is 4.21. The van der Waals surface area contributed by atoms with Crippen molar-refractivity contribution in [1.29, 1.82) is 0 Å². The first kappa shape index (κ1) is 29.4. The summed E-state index contributed by atoms with van der Waals surface area (Å²) in [5.74, 6) is -0.275. The molecule has 1 amide bonds. The van der Waals surface area contributed by atoms with Gasteiger partial charge in [0.15, 0.2) is 22.9 Å². The number of rotatable bonds is 12. The van der Waals surface area contributed by atoms with Crippen LogP contribution in [0.5, 0.6) is 11.5 Å². The van der Waals surface area contributed by atoms with Crippen molar-refractivity contribution in [3.8, 4) is 34.1 Å². The Morgan fingerprint density at radius 3 is 2.12 bits per heavy atom. The highest BCUT2D eigenvalue weighted by Gasteiger charge is 2.30. The summed E-state index contributed by atoms with van der Waals surface area (Å²) in [6, 6.07) is 23.9. The number of carbonyl (C=O) groups is 2. The molecular weight excluding hydrogens is 574 g/mol. The molecule has 220 valence electrons. The van der Waals surface area contributed by atoms with Crippen LogP contribution in [0.1, 0.15) is 46.0 Å². The molecule has 10 nitrogen and oxygen atoms in total. The van der Waals surface area contributed by atoms with E-state index in [1.54, 1.807) is 26.0 Å². The van der Waals surface area contributed by atoms with E-state index >= 15 is 0 Å². The van der Waals surface area contributed by atoms with Crippen LogP contribution in [0.3, 0.4) is 0 Å². The number of aromatic nitrogens is 2. The number of benzene rings is 3. The van der Waals surface area contributed by atoms with Crippen LogP contribution < -0.4 is 14.8 Å². The third kappa shape index (κ3) is 6.87. The summed E-state index contributed by atoms with van der Waals surface area (Å²) in [5.41, 5.74) is 2.27. The Morgan fingerprint density at radius 2 is 1.49 bits per heavy atom. The minimum Gasteiger partial charge on any atom is -0.488 e. The summed E-state index contributed by atoms with van der Waals surface area (Å²) >= 11 is 6.71. The van der Waals surface area contributed by atoms with E-state index in [0.717, 1.165) is 11.1 Å². The Hall–Kier alpha value is -5.09. The predicted octanol–water partition coefficient (Wildman–Crippen LogP) is 6.73. The van der Waals surface area contributed by atoms with Crippen LogP contribution in [-0.4, -0.2) is 35.3 Å². The summed E-state index contributed by atoms with van der Waals surface area (Å²) in [4.78, 5) is 25.3. The third-order valence-electron chi connectivity index (χ3n) is 6.24. The van der Waals surface area contributed by atoms with Crippen molar-refractivity contribution >= 4 is 23.5 Å². The number of esters is 1. The van der Waals surface area contributed by atoms with Crippen LogP contribution in [0.25, 0.3) is 22.6 Å². The summed E-state index contributed by atoms with van der Waals surface area (Å²) in [7, 11) is 0. The van der Waals surface area contributed by atoms with Crippen LogP contribution in [0.15, 0.2) is 87.9 Å². The first-order valence-electron chi connectivity index (χ1n) is 13.6. The quantitative estimate of drug-likeness (QED) is 0.155. The van der Waals surface area contributed by atoms with Crippen LogP contribution in [-0.2, 0) is 18.0 Å². The summed E-state index contributed by atoms with van der Waals surface area (Å²) in [6.07, 6.45) is 0. The van der Waals surface area contributed by atoms with Crippen LogP contribution in [0, 0.1) is 0 Å². The van der Waals surface area contributed by atoms with Crippen molar-refractivity contribution < 1.29 is 32.8 Å². The molecule has 11 heteroatoms. The number of carbonyl (C=O) groups excluding carboxylic acids is 2. The molecule has 3 aromatic carbocycles. The average molecular weight is 602 g/mol. The second-order valence-corrected chi connectivity index (χ2v) is 9.63. The zero-order chi connectivity index (χ0) is 30.2. The average Bonchev–Trinajstić information content (AvgIpc) is 3.69. The van der Waals surface area contributed by atoms with Gasteiger partial charge in [-0.15, -0.1) is 0 Å².